The number of nitrogens with one attached hydrogen (secondary N) is 1. The van der Waals surface area contributed by atoms with Crippen LogP contribution in [0.1, 0.15) is 18.9 Å². The zero-order chi connectivity index (χ0) is 12.4. The SMILES string of the molecule is CNC(C)c1ncc(-c2cc(F)cc(Br)c2)o1. The maximum Gasteiger partial charge on any atom is 0.211 e. The van der Waals surface area contributed by atoms with Gasteiger partial charge in [-0.2, -0.15) is 0 Å². The molecule has 0 fully saturated rings. The molecule has 17 heavy (non-hydrogen) atoms. The normalized spacial score (nSPS) is 12.7. The Balaban J connectivity index is 2.36. The predicted octanol–water partition coefficient (Wildman–Crippen LogP) is 3.52. The highest BCUT2D eigenvalue weighted by atomic mass is 79.9. The largest absolute Gasteiger partial charge is 0.439 e. The van der Waals surface area contributed by atoms with Gasteiger partial charge in [0.25, 0.3) is 0 Å². The number of oxazole rings is 1. The van der Waals surface area contributed by atoms with Gasteiger partial charge in [-0.25, -0.2) is 9.37 Å². The standard InChI is InChI=1S/C12H12BrFN2O/c1-7(15-2)12-16-6-11(17-12)8-3-9(13)5-10(14)4-8/h3-7,15H,1-2H3. The van der Waals surface area contributed by atoms with Crippen molar-refractivity contribution in [2.45, 2.75) is 13.0 Å². The van der Waals surface area contributed by atoms with Crippen molar-refractivity contribution >= 4 is 15.9 Å². The molecule has 1 atom stereocenters. The molecule has 1 aromatic carbocycles. The quantitative estimate of drug-likeness (QED) is 0.942. The van der Waals surface area contributed by atoms with Crippen LogP contribution < -0.4 is 5.32 Å². The first-order valence-electron chi connectivity index (χ1n) is 5.19. The summed E-state index contributed by atoms with van der Waals surface area (Å²) in [6, 6.07) is 4.63. The fourth-order valence-electron chi connectivity index (χ4n) is 1.44. The molecule has 1 N–H and O–H groups in total. The molecule has 0 saturated heterocycles. The van der Waals surface area contributed by atoms with E-state index in [9.17, 15) is 4.39 Å². The Hall–Kier alpha value is -1.20. The average molecular weight is 299 g/mol. The molecule has 0 spiro atoms. The lowest BCUT2D eigenvalue weighted by Gasteiger charge is -2.04. The number of hydrogen-bond acceptors (Lipinski definition) is 3. The summed E-state index contributed by atoms with van der Waals surface area (Å²) >= 11 is 3.25. The second-order valence-corrected chi connectivity index (χ2v) is 4.65. The van der Waals surface area contributed by atoms with Crippen LogP contribution in [0.2, 0.25) is 0 Å². The summed E-state index contributed by atoms with van der Waals surface area (Å²) in [5.41, 5.74) is 0.666. The second kappa shape index (κ2) is 4.98. The first kappa shape index (κ1) is 12.3. The van der Waals surface area contributed by atoms with Gasteiger partial charge in [-0.1, -0.05) is 15.9 Å². The number of nitrogens with zero attached hydrogens (tertiary/aromatic N) is 1. The van der Waals surface area contributed by atoms with Crippen LogP contribution in [0.4, 0.5) is 4.39 Å². The maximum absolute atomic E-state index is 13.2. The molecule has 0 bridgehead atoms. The van der Waals surface area contributed by atoms with E-state index in [1.807, 2.05) is 14.0 Å². The van der Waals surface area contributed by atoms with E-state index >= 15 is 0 Å². The van der Waals surface area contributed by atoms with Crippen molar-refractivity contribution in [2.24, 2.45) is 0 Å². The summed E-state index contributed by atoms with van der Waals surface area (Å²) in [5, 5.41) is 3.03. The van der Waals surface area contributed by atoms with Crippen molar-refractivity contribution in [3.63, 3.8) is 0 Å². The first-order chi connectivity index (χ1) is 8.10. The van der Waals surface area contributed by atoms with Gasteiger partial charge in [0, 0.05) is 10.0 Å². The summed E-state index contributed by atoms with van der Waals surface area (Å²) in [6.07, 6.45) is 1.60. The number of halogens is 2. The lowest BCUT2D eigenvalue weighted by atomic mass is 10.2. The molecule has 5 heteroatoms. The Bertz CT molecular complexity index is 507. The van der Waals surface area contributed by atoms with Crippen LogP contribution >= 0.6 is 15.9 Å². The zero-order valence-electron chi connectivity index (χ0n) is 9.50. The van der Waals surface area contributed by atoms with Gasteiger partial charge < -0.3 is 9.73 Å². The zero-order valence-corrected chi connectivity index (χ0v) is 11.1. The monoisotopic (exact) mass is 298 g/mol. The van der Waals surface area contributed by atoms with E-state index in [0.717, 1.165) is 0 Å². The fraction of sp³-hybridized carbons (Fsp3) is 0.250. The first-order valence-corrected chi connectivity index (χ1v) is 5.99. The number of benzene rings is 1. The Labute approximate surface area is 107 Å². The molecular formula is C12H12BrFN2O. The van der Waals surface area contributed by atoms with Crippen molar-refractivity contribution in [2.75, 3.05) is 7.05 Å². The minimum absolute atomic E-state index is 0.0285. The third-order valence-electron chi connectivity index (χ3n) is 2.47. The van der Waals surface area contributed by atoms with Gasteiger partial charge in [-0.15, -0.1) is 0 Å². The van der Waals surface area contributed by atoms with Crippen molar-refractivity contribution in [1.29, 1.82) is 0 Å². The molecule has 0 radical (unpaired) electrons. The van der Waals surface area contributed by atoms with Gasteiger partial charge in [-0.3, -0.25) is 0 Å². The molecule has 1 aromatic heterocycles. The summed E-state index contributed by atoms with van der Waals surface area (Å²) in [4.78, 5) is 4.16. The predicted molar refractivity (Wildman–Crippen MR) is 67.1 cm³/mol. The molecule has 2 aromatic rings. The van der Waals surface area contributed by atoms with Gasteiger partial charge in [-0.05, 0) is 32.2 Å². The Kier molecular flexibility index (Phi) is 3.59. The molecule has 1 heterocycles. The van der Waals surface area contributed by atoms with Crippen molar-refractivity contribution in [1.82, 2.24) is 10.3 Å². The summed E-state index contributed by atoms with van der Waals surface area (Å²) in [6.45, 7) is 1.94. The smallest absolute Gasteiger partial charge is 0.211 e. The molecule has 0 aliphatic heterocycles. The van der Waals surface area contributed by atoms with Crippen molar-refractivity contribution in [3.05, 3.63) is 40.6 Å². The van der Waals surface area contributed by atoms with E-state index in [4.69, 9.17) is 4.42 Å². The number of rotatable bonds is 3. The molecule has 0 aliphatic carbocycles. The van der Waals surface area contributed by atoms with Gasteiger partial charge in [0.1, 0.15) is 5.82 Å². The fourth-order valence-corrected chi connectivity index (χ4v) is 1.91. The lowest BCUT2D eigenvalue weighted by molar-refractivity contribution is 0.441. The van der Waals surface area contributed by atoms with Crippen molar-refractivity contribution in [3.8, 4) is 11.3 Å². The molecule has 1 unspecified atom stereocenters. The highest BCUT2D eigenvalue weighted by Gasteiger charge is 2.12. The molecule has 0 aliphatic rings. The third-order valence-corrected chi connectivity index (χ3v) is 2.93. The van der Waals surface area contributed by atoms with Gasteiger partial charge >= 0.3 is 0 Å². The Morgan fingerprint density at radius 3 is 2.82 bits per heavy atom. The maximum atomic E-state index is 13.2. The molecule has 90 valence electrons. The number of aromatic nitrogens is 1. The third kappa shape index (κ3) is 2.73. The van der Waals surface area contributed by atoms with E-state index in [1.54, 1.807) is 12.3 Å². The van der Waals surface area contributed by atoms with Crippen molar-refractivity contribution < 1.29 is 8.81 Å². The van der Waals surface area contributed by atoms with Crippen LogP contribution in [0.25, 0.3) is 11.3 Å². The topological polar surface area (TPSA) is 38.1 Å². The summed E-state index contributed by atoms with van der Waals surface area (Å²) in [5.74, 6) is 0.833. The van der Waals surface area contributed by atoms with E-state index in [1.165, 1.54) is 12.1 Å². The molecule has 2 rings (SSSR count). The van der Waals surface area contributed by atoms with E-state index < -0.39 is 0 Å². The van der Waals surface area contributed by atoms with Crippen LogP contribution in [0.3, 0.4) is 0 Å². The van der Waals surface area contributed by atoms with E-state index in [2.05, 4.69) is 26.2 Å². The van der Waals surface area contributed by atoms with Crippen LogP contribution in [0, 0.1) is 5.82 Å². The molecule has 3 nitrogen and oxygen atoms in total. The van der Waals surface area contributed by atoms with Crippen LogP contribution in [0.5, 0.6) is 0 Å². The minimum Gasteiger partial charge on any atom is -0.439 e. The minimum atomic E-state index is -0.311. The Morgan fingerprint density at radius 2 is 2.18 bits per heavy atom. The molecular weight excluding hydrogens is 287 g/mol. The van der Waals surface area contributed by atoms with Gasteiger partial charge in [0.05, 0.1) is 12.2 Å². The number of hydrogen-bond donors (Lipinski definition) is 1. The summed E-state index contributed by atoms with van der Waals surface area (Å²) < 4.78 is 19.5. The van der Waals surface area contributed by atoms with Gasteiger partial charge in [0.2, 0.25) is 5.89 Å². The lowest BCUT2D eigenvalue weighted by Crippen LogP contribution is -2.12. The van der Waals surface area contributed by atoms with Gasteiger partial charge in [0.15, 0.2) is 5.76 Å². The average Bonchev–Trinajstić information content (AvgIpc) is 2.76. The second-order valence-electron chi connectivity index (χ2n) is 3.73. The Morgan fingerprint density at radius 1 is 1.41 bits per heavy atom. The van der Waals surface area contributed by atoms with Crippen LogP contribution in [0.15, 0.2) is 33.3 Å². The molecule has 0 amide bonds. The highest BCUT2D eigenvalue weighted by molar-refractivity contribution is 9.10. The van der Waals surface area contributed by atoms with Crippen LogP contribution in [-0.2, 0) is 0 Å². The van der Waals surface area contributed by atoms with E-state index in [-0.39, 0.29) is 11.9 Å². The van der Waals surface area contributed by atoms with E-state index in [0.29, 0.717) is 21.7 Å². The molecule has 0 saturated carbocycles. The van der Waals surface area contributed by atoms with Crippen LogP contribution in [-0.4, -0.2) is 12.0 Å². The highest BCUT2D eigenvalue weighted by Crippen LogP contribution is 2.26. The summed E-state index contributed by atoms with van der Waals surface area (Å²) in [7, 11) is 1.83.